The Morgan fingerprint density at radius 1 is 1.53 bits per heavy atom. The van der Waals surface area contributed by atoms with Crippen molar-refractivity contribution in [3.63, 3.8) is 0 Å². The van der Waals surface area contributed by atoms with Crippen LogP contribution in [0.3, 0.4) is 0 Å². The standard InChI is InChI=1S/C12H15FN2O.ClH/c1-8-2-3-9(13)6-11(8)12(16)15-5-4-10(14)7-15;/h2-3,6,10H,4-5,7,14H2,1H3;1H/t10-;/m1./s1. The van der Waals surface area contributed by atoms with Crippen LogP contribution in [0.25, 0.3) is 0 Å². The van der Waals surface area contributed by atoms with Crippen LogP contribution in [0.5, 0.6) is 0 Å². The molecule has 1 atom stereocenters. The number of likely N-dealkylation sites (tertiary alicyclic amines) is 1. The number of halogens is 2. The minimum Gasteiger partial charge on any atom is -0.337 e. The van der Waals surface area contributed by atoms with Crippen molar-refractivity contribution in [1.82, 2.24) is 4.90 Å². The summed E-state index contributed by atoms with van der Waals surface area (Å²) in [4.78, 5) is 13.8. The molecule has 0 aliphatic carbocycles. The van der Waals surface area contributed by atoms with E-state index in [9.17, 15) is 9.18 Å². The Bertz CT molecular complexity index is 425. The highest BCUT2D eigenvalue weighted by Crippen LogP contribution is 2.16. The molecule has 1 aliphatic heterocycles. The van der Waals surface area contributed by atoms with E-state index in [4.69, 9.17) is 5.73 Å². The Kier molecular flexibility index (Phi) is 4.48. The summed E-state index contributed by atoms with van der Waals surface area (Å²) in [5, 5.41) is 0. The van der Waals surface area contributed by atoms with Crippen LogP contribution in [0.2, 0.25) is 0 Å². The highest BCUT2D eigenvalue weighted by molar-refractivity contribution is 5.95. The Labute approximate surface area is 106 Å². The van der Waals surface area contributed by atoms with Gasteiger partial charge in [-0.05, 0) is 31.0 Å². The third kappa shape index (κ3) is 2.96. The highest BCUT2D eigenvalue weighted by atomic mass is 35.5. The van der Waals surface area contributed by atoms with Gasteiger partial charge in [0, 0.05) is 24.7 Å². The molecule has 1 amide bonds. The first kappa shape index (κ1) is 13.9. The Hall–Kier alpha value is -1.13. The molecular formula is C12H16ClFN2O. The smallest absolute Gasteiger partial charge is 0.254 e. The number of hydrogen-bond acceptors (Lipinski definition) is 2. The topological polar surface area (TPSA) is 46.3 Å². The van der Waals surface area contributed by atoms with Crippen molar-refractivity contribution >= 4 is 18.3 Å². The number of hydrogen-bond donors (Lipinski definition) is 1. The number of rotatable bonds is 1. The largest absolute Gasteiger partial charge is 0.337 e. The molecule has 1 aromatic carbocycles. The second-order valence-corrected chi connectivity index (χ2v) is 4.26. The summed E-state index contributed by atoms with van der Waals surface area (Å²) in [7, 11) is 0. The minimum absolute atomic E-state index is 0. The Morgan fingerprint density at radius 3 is 2.82 bits per heavy atom. The summed E-state index contributed by atoms with van der Waals surface area (Å²) in [6, 6.07) is 4.33. The summed E-state index contributed by atoms with van der Waals surface area (Å²) < 4.78 is 13.1. The van der Waals surface area contributed by atoms with E-state index in [1.807, 2.05) is 6.92 Å². The van der Waals surface area contributed by atoms with E-state index in [-0.39, 0.29) is 30.2 Å². The van der Waals surface area contributed by atoms with Crippen molar-refractivity contribution in [2.45, 2.75) is 19.4 Å². The van der Waals surface area contributed by atoms with Gasteiger partial charge in [-0.1, -0.05) is 6.07 Å². The second-order valence-electron chi connectivity index (χ2n) is 4.26. The van der Waals surface area contributed by atoms with Crippen LogP contribution in [0.15, 0.2) is 18.2 Å². The highest BCUT2D eigenvalue weighted by Gasteiger charge is 2.25. The lowest BCUT2D eigenvalue weighted by molar-refractivity contribution is 0.0789. The molecule has 0 saturated carbocycles. The maximum atomic E-state index is 13.1. The maximum absolute atomic E-state index is 13.1. The molecule has 2 N–H and O–H groups in total. The average molecular weight is 259 g/mol. The average Bonchev–Trinajstić information content (AvgIpc) is 2.67. The molecule has 1 aliphatic rings. The number of amides is 1. The van der Waals surface area contributed by atoms with Gasteiger partial charge in [0.15, 0.2) is 0 Å². The number of benzene rings is 1. The minimum atomic E-state index is -0.377. The number of aryl methyl sites for hydroxylation is 1. The molecule has 0 aromatic heterocycles. The zero-order valence-corrected chi connectivity index (χ0v) is 10.5. The van der Waals surface area contributed by atoms with Crippen molar-refractivity contribution < 1.29 is 9.18 Å². The van der Waals surface area contributed by atoms with Gasteiger partial charge in [-0.15, -0.1) is 12.4 Å². The van der Waals surface area contributed by atoms with Crippen LogP contribution in [0.1, 0.15) is 22.3 Å². The van der Waals surface area contributed by atoms with E-state index in [1.54, 1.807) is 11.0 Å². The SMILES string of the molecule is Cc1ccc(F)cc1C(=O)N1CC[C@@H](N)C1.Cl. The fourth-order valence-corrected chi connectivity index (χ4v) is 1.97. The summed E-state index contributed by atoms with van der Waals surface area (Å²) in [6.07, 6.45) is 0.820. The van der Waals surface area contributed by atoms with Gasteiger partial charge < -0.3 is 10.6 Å². The fourth-order valence-electron chi connectivity index (χ4n) is 1.97. The monoisotopic (exact) mass is 258 g/mol. The van der Waals surface area contributed by atoms with Crippen molar-refractivity contribution in [3.8, 4) is 0 Å². The molecule has 0 spiro atoms. The van der Waals surface area contributed by atoms with Gasteiger partial charge >= 0.3 is 0 Å². The molecule has 1 aromatic rings. The van der Waals surface area contributed by atoms with Crippen LogP contribution in [-0.4, -0.2) is 29.9 Å². The molecule has 17 heavy (non-hydrogen) atoms. The Balaban J connectivity index is 0.00000144. The lowest BCUT2D eigenvalue weighted by atomic mass is 10.1. The van der Waals surface area contributed by atoms with Gasteiger partial charge in [0.05, 0.1) is 0 Å². The first-order valence-corrected chi connectivity index (χ1v) is 5.39. The number of carbonyl (C=O) groups excluding carboxylic acids is 1. The van der Waals surface area contributed by atoms with Crippen molar-refractivity contribution in [2.24, 2.45) is 5.73 Å². The fraction of sp³-hybridized carbons (Fsp3) is 0.417. The van der Waals surface area contributed by atoms with Crippen molar-refractivity contribution in [1.29, 1.82) is 0 Å². The van der Waals surface area contributed by atoms with Crippen LogP contribution in [0, 0.1) is 12.7 Å². The zero-order chi connectivity index (χ0) is 11.7. The number of nitrogens with two attached hydrogens (primary N) is 1. The van der Waals surface area contributed by atoms with Crippen LogP contribution in [0.4, 0.5) is 4.39 Å². The normalized spacial score (nSPS) is 19.0. The van der Waals surface area contributed by atoms with Crippen LogP contribution < -0.4 is 5.73 Å². The van der Waals surface area contributed by atoms with Gasteiger partial charge in [0.1, 0.15) is 5.82 Å². The van der Waals surface area contributed by atoms with Crippen molar-refractivity contribution in [2.75, 3.05) is 13.1 Å². The summed E-state index contributed by atoms with van der Waals surface area (Å²) in [5.74, 6) is -0.498. The van der Waals surface area contributed by atoms with E-state index >= 15 is 0 Å². The molecule has 0 radical (unpaired) electrons. The lowest BCUT2D eigenvalue weighted by Gasteiger charge is -2.17. The predicted molar refractivity (Wildman–Crippen MR) is 66.9 cm³/mol. The maximum Gasteiger partial charge on any atom is 0.254 e. The van der Waals surface area contributed by atoms with Gasteiger partial charge in [-0.3, -0.25) is 4.79 Å². The summed E-state index contributed by atoms with van der Waals surface area (Å²) in [5.41, 5.74) is 6.98. The molecular weight excluding hydrogens is 243 g/mol. The predicted octanol–water partition coefficient (Wildman–Crippen LogP) is 1.73. The van der Waals surface area contributed by atoms with E-state index in [0.717, 1.165) is 12.0 Å². The summed E-state index contributed by atoms with van der Waals surface area (Å²) in [6.45, 7) is 3.04. The number of nitrogens with zero attached hydrogens (tertiary/aromatic N) is 1. The first-order valence-electron chi connectivity index (χ1n) is 5.39. The van der Waals surface area contributed by atoms with E-state index < -0.39 is 0 Å². The Morgan fingerprint density at radius 2 is 2.24 bits per heavy atom. The molecule has 94 valence electrons. The van der Waals surface area contributed by atoms with Gasteiger partial charge in [-0.2, -0.15) is 0 Å². The zero-order valence-electron chi connectivity index (χ0n) is 9.65. The van der Waals surface area contributed by atoms with Crippen LogP contribution >= 0.6 is 12.4 Å². The van der Waals surface area contributed by atoms with E-state index in [0.29, 0.717) is 18.7 Å². The molecule has 3 nitrogen and oxygen atoms in total. The quantitative estimate of drug-likeness (QED) is 0.834. The second kappa shape index (κ2) is 5.47. The van der Waals surface area contributed by atoms with Crippen molar-refractivity contribution in [3.05, 3.63) is 35.1 Å². The molecule has 0 unspecified atom stereocenters. The molecule has 1 heterocycles. The molecule has 2 rings (SSSR count). The lowest BCUT2D eigenvalue weighted by Crippen LogP contribution is -2.32. The molecule has 1 saturated heterocycles. The molecule has 1 fully saturated rings. The van der Waals surface area contributed by atoms with Crippen LogP contribution in [-0.2, 0) is 0 Å². The third-order valence-electron chi connectivity index (χ3n) is 2.94. The van der Waals surface area contributed by atoms with E-state index in [2.05, 4.69) is 0 Å². The van der Waals surface area contributed by atoms with Gasteiger partial charge in [-0.25, -0.2) is 4.39 Å². The first-order chi connectivity index (χ1) is 7.58. The summed E-state index contributed by atoms with van der Waals surface area (Å²) >= 11 is 0. The van der Waals surface area contributed by atoms with Gasteiger partial charge in [0.25, 0.3) is 5.91 Å². The number of carbonyl (C=O) groups is 1. The van der Waals surface area contributed by atoms with E-state index in [1.165, 1.54) is 12.1 Å². The van der Waals surface area contributed by atoms with Gasteiger partial charge in [0.2, 0.25) is 0 Å². The molecule has 5 heteroatoms. The third-order valence-corrected chi connectivity index (χ3v) is 2.94. The molecule has 0 bridgehead atoms.